The van der Waals surface area contributed by atoms with Gasteiger partial charge in [0.1, 0.15) is 0 Å². The first-order valence-corrected chi connectivity index (χ1v) is 12.5. The number of aromatic nitrogens is 1. The molecule has 0 fully saturated rings. The maximum absolute atomic E-state index is 12.1. The summed E-state index contributed by atoms with van der Waals surface area (Å²) in [6.45, 7) is 10.7. The predicted molar refractivity (Wildman–Crippen MR) is 144 cm³/mol. The Bertz CT molecular complexity index is 1220. The lowest BCUT2D eigenvalue weighted by Gasteiger charge is -2.24. The number of hydrogen-bond donors (Lipinski definition) is 2. The molecule has 5 nitrogen and oxygen atoms in total. The van der Waals surface area contributed by atoms with E-state index in [2.05, 4.69) is 48.5 Å². The highest BCUT2D eigenvalue weighted by Gasteiger charge is 2.32. The Hall–Kier alpha value is -2.44. The van der Waals surface area contributed by atoms with Gasteiger partial charge in [-0.1, -0.05) is 50.6 Å². The highest BCUT2D eigenvalue weighted by molar-refractivity contribution is 8.00. The Morgan fingerprint density at radius 3 is 2.26 bits per heavy atom. The average Bonchev–Trinajstić information content (AvgIpc) is 2.99. The summed E-state index contributed by atoms with van der Waals surface area (Å²) in [6, 6.07) is 14.2. The van der Waals surface area contributed by atoms with Gasteiger partial charge in [0.25, 0.3) is 0 Å². The SMILES string of the molecule is C/N=C(\N)Cc1ccc2c(c1)c(SC(C)(C)C)c(CC(C)(C)C(=O)O)n2Cc1ccc(Cl)cc1. The van der Waals surface area contributed by atoms with E-state index in [1.54, 1.807) is 32.7 Å². The second kappa shape index (κ2) is 10.0. The van der Waals surface area contributed by atoms with Gasteiger partial charge in [-0.05, 0) is 49.2 Å². The van der Waals surface area contributed by atoms with Crippen molar-refractivity contribution in [2.45, 2.75) is 63.6 Å². The van der Waals surface area contributed by atoms with Crippen molar-refractivity contribution in [1.29, 1.82) is 0 Å². The molecular weight excluding hydrogens is 466 g/mol. The Kier molecular flexibility index (Phi) is 7.73. The van der Waals surface area contributed by atoms with Crippen molar-refractivity contribution in [3.63, 3.8) is 0 Å². The van der Waals surface area contributed by atoms with E-state index in [0.29, 0.717) is 30.2 Å². The zero-order valence-electron chi connectivity index (χ0n) is 20.8. The summed E-state index contributed by atoms with van der Waals surface area (Å²) in [5.41, 5.74) is 9.40. The van der Waals surface area contributed by atoms with Gasteiger partial charge >= 0.3 is 5.97 Å². The molecule has 0 aliphatic rings. The molecule has 1 aromatic heterocycles. The maximum atomic E-state index is 12.1. The number of thioether (sulfide) groups is 1. The molecule has 0 saturated carbocycles. The lowest BCUT2D eigenvalue weighted by atomic mass is 9.88. The molecule has 7 heteroatoms. The van der Waals surface area contributed by atoms with E-state index in [1.165, 1.54) is 0 Å². The van der Waals surface area contributed by atoms with E-state index in [1.807, 2.05) is 24.3 Å². The summed E-state index contributed by atoms with van der Waals surface area (Å²) >= 11 is 7.90. The Morgan fingerprint density at radius 2 is 1.71 bits per heavy atom. The molecule has 2 aromatic carbocycles. The van der Waals surface area contributed by atoms with E-state index >= 15 is 0 Å². The fourth-order valence-corrected chi connectivity index (χ4v) is 5.18. The molecule has 0 radical (unpaired) electrons. The Labute approximate surface area is 211 Å². The van der Waals surface area contributed by atoms with Crippen molar-refractivity contribution in [3.05, 3.63) is 64.3 Å². The third-order valence-corrected chi connectivity index (χ3v) is 7.23. The molecule has 182 valence electrons. The van der Waals surface area contributed by atoms with Gasteiger partial charge in [0.05, 0.1) is 11.3 Å². The molecule has 0 unspecified atom stereocenters. The van der Waals surface area contributed by atoms with Gasteiger partial charge in [0, 0.05) is 57.7 Å². The number of halogens is 1. The van der Waals surface area contributed by atoms with Gasteiger partial charge in [0.2, 0.25) is 0 Å². The summed E-state index contributed by atoms with van der Waals surface area (Å²) in [5, 5.41) is 11.7. The van der Waals surface area contributed by atoms with Crippen LogP contribution in [-0.2, 0) is 24.2 Å². The van der Waals surface area contributed by atoms with Crippen molar-refractivity contribution in [2.24, 2.45) is 16.1 Å². The summed E-state index contributed by atoms with van der Waals surface area (Å²) in [4.78, 5) is 17.3. The summed E-state index contributed by atoms with van der Waals surface area (Å²) in [7, 11) is 1.70. The number of aliphatic carboxylic acids is 1. The van der Waals surface area contributed by atoms with Crippen LogP contribution >= 0.6 is 23.4 Å². The number of carbonyl (C=O) groups is 1. The number of carboxylic acids is 1. The molecule has 0 atom stereocenters. The van der Waals surface area contributed by atoms with Gasteiger partial charge in [-0.25, -0.2) is 0 Å². The summed E-state index contributed by atoms with van der Waals surface area (Å²) in [5.74, 6) is -0.229. The summed E-state index contributed by atoms with van der Waals surface area (Å²) < 4.78 is 2.21. The number of benzene rings is 2. The van der Waals surface area contributed by atoms with Gasteiger partial charge in [-0.2, -0.15) is 0 Å². The molecule has 0 amide bonds. The molecule has 34 heavy (non-hydrogen) atoms. The Balaban J connectivity index is 2.28. The summed E-state index contributed by atoms with van der Waals surface area (Å²) in [6.07, 6.45) is 0.987. The third kappa shape index (κ3) is 6.16. The molecule has 3 aromatic rings. The molecule has 0 saturated heterocycles. The van der Waals surface area contributed by atoms with Crippen molar-refractivity contribution >= 4 is 46.1 Å². The number of hydrogen-bond acceptors (Lipinski definition) is 3. The zero-order valence-corrected chi connectivity index (χ0v) is 22.3. The Morgan fingerprint density at radius 1 is 1.09 bits per heavy atom. The first-order chi connectivity index (χ1) is 15.8. The monoisotopic (exact) mass is 499 g/mol. The second-order valence-electron chi connectivity index (χ2n) is 10.3. The average molecular weight is 500 g/mol. The molecule has 1 heterocycles. The quantitative estimate of drug-likeness (QED) is 0.213. The van der Waals surface area contributed by atoms with E-state index < -0.39 is 11.4 Å². The maximum Gasteiger partial charge on any atom is 0.309 e. The first kappa shape index (κ1) is 26.2. The van der Waals surface area contributed by atoms with Crippen molar-refractivity contribution < 1.29 is 9.90 Å². The highest BCUT2D eigenvalue weighted by atomic mass is 35.5. The van der Waals surface area contributed by atoms with Crippen LogP contribution in [0.25, 0.3) is 10.9 Å². The molecule has 0 bridgehead atoms. The molecule has 0 spiro atoms. The lowest BCUT2D eigenvalue weighted by Crippen LogP contribution is -2.28. The molecule has 0 aliphatic heterocycles. The minimum Gasteiger partial charge on any atom is -0.481 e. The van der Waals surface area contributed by atoms with Gasteiger partial charge in [-0.15, -0.1) is 11.8 Å². The zero-order chi connectivity index (χ0) is 25.3. The van der Waals surface area contributed by atoms with Crippen LogP contribution in [0.1, 0.15) is 51.4 Å². The highest BCUT2D eigenvalue weighted by Crippen LogP contribution is 2.43. The van der Waals surface area contributed by atoms with Crippen LogP contribution in [0, 0.1) is 5.41 Å². The lowest BCUT2D eigenvalue weighted by molar-refractivity contribution is -0.146. The fourth-order valence-electron chi connectivity index (χ4n) is 3.87. The van der Waals surface area contributed by atoms with Crippen LogP contribution in [0.4, 0.5) is 0 Å². The number of fused-ring (bicyclic) bond motifs is 1. The van der Waals surface area contributed by atoms with Crippen LogP contribution in [-0.4, -0.2) is 33.3 Å². The van der Waals surface area contributed by atoms with Crippen molar-refractivity contribution in [1.82, 2.24) is 4.57 Å². The van der Waals surface area contributed by atoms with E-state index in [4.69, 9.17) is 17.3 Å². The van der Waals surface area contributed by atoms with Gasteiger partial charge in [0.15, 0.2) is 0 Å². The number of amidine groups is 1. The van der Waals surface area contributed by atoms with E-state index in [9.17, 15) is 9.90 Å². The smallest absolute Gasteiger partial charge is 0.309 e. The van der Waals surface area contributed by atoms with Crippen LogP contribution in [0.2, 0.25) is 5.02 Å². The molecule has 3 rings (SSSR count). The fraction of sp³-hybridized carbons (Fsp3) is 0.407. The number of rotatable bonds is 8. The normalized spacial score (nSPS) is 13.0. The van der Waals surface area contributed by atoms with Crippen LogP contribution in [0.3, 0.4) is 0 Å². The van der Waals surface area contributed by atoms with Gasteiger partial charge < -0.3 is 15.4 Å². The number of nitrogens with two attached hydrogens (primary N) is 1. The number of nitrogens with zero attached hydrogens (tertiary/aromatic N) is 2. The number of carboxylic acid groups (broad SMARTS) is 1. The minimum absolute atomic E-state index is 0.0542. The van der Waals surface area contributed by atoms with Crippen LogP contribution < -0.4 is 5.73 Å². The van der Waals surface area contributed by atoms with E-state index in [0.717, 1.165) is 32.6 Å². The standard InChI is InChI=1S/C27H34ClN3O2S/c1-26(2,3)34-24-20-13-18(14-23(29)30-6)9-12-21(20)31(16-17-7-10-19(28)11-8-17)22(24)15-27(4,5)25(32)33/h7-13H,14-16H2,1-6H3,(H2,29,30)(H,32,33). The third-order valence-electron chi connectivity index (χ3n) is 5.71. The second-order valence-corrected chi connectivity index (χ2v) is 12.6. The molecular formula is C27H34ClN3O2S. The largest absolute Gasteiger partial charge is 0.481 e. The van der Waals surface area contributed by atoms with Crippen LogP contribution in [0.15, 0.2) is 52.4 Å². The minimum atomic E-state index is -0.915. The predicted octanol–water partition coefficient (Wildman–Crippen LogP) is 6.42. The van der Waals surface area contributed by atoms with Gasteiger partial charge in [-0.3, -0.25) is 9.79 Å². The molecule has 3 N–H and O–H groups in total. The topological polar surface area (TPSA) is 80.6 Å². The van der Waals surface area contributed by atoms with Crippen molar-refractivity contribution in [3.8, 4) is 0 Å². The van der Waals surface area contributed by atoms with Crippen molar-refractivity contribution in [2.75, 3.05) is 7.05 Å². The van der Waals surface area contributed by atoms with Crippen LogP contribution in [0.5, 0.6) is 0 Å². The van der Waals surface area contributed by atoms with E-state index in [-0.39, 0.29) is 4.75 Å². The molecule has 0 aliphatic carbocycles. The first-order valence-electron chi connectivity index (χ1n) is 11.3. The number of aliphatic imine (C=N–C) groups is 1.